The molecule has 3 heteroatoms. The van der Waals surface area contributed by atoms with Crippen LogP contribution in [0.25, 0.3) is 0 Å². The molecule has 1 unspecified atom stereocenters. The monoisotopic (exact) mass is 207 g/mol. The van der Waals surface area contributed by atoms with Crippen molar-refractivity contribution in [3.8, 4) is 5.75 Å². The van der Waals surface area contributed by atoms with Gasteiger partial charge in [-0.15, -0.1) is 0 Å². The van der Waals surface area contributed by atoms with Gasteiger partial charge in [-0.05, 0) is 18.6 Å². The number of rotatable bonds is 3. The Kier molecular flexibility index (Phi) is 3.59. The molecule has 1 aromatic rings. The maximum atomic E-state index is 5.73. The Hall–Kier alpha value is -1.06. The van der Waals surface area contributed by atoms with Gasteiger partial charge in [0.25, 0.3) is 0 Å². The van der Waals surface area contributed by atoms with Crippen molar-refractivity contribution in [3.63, 3.8) is 0 Å². The lowest BCUT2D eigenvalue weighted by Gasteiger charge is -2.24. The average Bonchev–Trinajstić information content (AvgIpc) is 2.29. The van der Waals surface area contributed by atoms with E-state index in [0.29, 0.717) is 12.6 Å². The maximum absolute atomic E-state index is 5.73. The molecule has 0 bridgehead atoms. The first-order valence-corrected chi connectivity index (χ1v) is 5.36. The number of para-hydroxylation sites is 1. The van der Waals surface area contributed by atoms with Crippen LogP contribution in [-0.4, -0.2) is 32.4 Å². The normalized spacial score (nSPS) is 21.3. The van der Waals surface area contributed by atoms with Crippen LogP contribution in [-0.2, 0) is 4.74 Å². The molecule has 3 nitrogen and oxygen atoms in total. The van der Waals surface area contributed by atoms with E-state index in [1.165, 1.54) is 5.56 Å². The Morgan fingerprint density at radius 2 is 2.33 bits per heavy atom. The van der Waals surface area contributed by atoms with Crippen molar-refractivity contribution in [2.24, 2.45) is 0 Å². The van der Waals surface area contributed by atoms with Gasteiger partial charge in [0.1, 0.15) is 12.4 Å². The molecule has 1 atom stereocenters. The standard InChI is InChI=1S/C12H17NO2/c1-10-4-2-3-5-12(10)15-9-11-8-14-7-6-13-11/h2-5,11,13H,6-9H2,1H3. The van der Waals surface area contributed by atoms with E-state index in [2.05, 4.69) is 18.3 Å². The van der Waals surface area contributed by atoms with Crippen LogP contribution in [0, 0.1) is 6.92 Å². The summed E-state index contributed by atoms with van der Waals surface area (Å²) in [5.41, 5.74) is 1.18. The van der Waals surface area contributed by atoms with Gasteiger partial charge in [-0.3, -0.25) is 0 Å². The van der Waals surface area contributed by atoms with E-state index < -0.39 is 0 Å². The van der Waals surface area contributed by atoms with Crippen LogP contribution in [0.5, 0.6) is 5.75 Å². The Balaban J connectivity index is 1.84. The summed E-state index contributed by atoms with van der Waals surface area (Å²) in [6, 6.07) is 8.38. The zero-order valence-corrected chi connectivity index (χ0v) is 9.03. The molecule has 0 spiro atoms. The van der Waals surface area contributed by atoms with Gasteiger partial charge in [-0.25, -0.2) is 0 Å². The van der Waals surface area contributed by atoms with Gasteiger partial charge in [0.15, 0.2) is 0 Å². The fourth-order valence-corrected chi connectivity index (χ4v) is 1.64. The second-order valence-electron chi connectivity index (χ2n) is 3.80. The number of hydrogen-bond acceptors (Lipinski definition) is 3. The van der Waals surface area contributed by atoms with E-state index in [9.17, 15) is 0 Å². The summed E-state index contributed by atoms with van der Waals surface area (Å²) in [7, 11) is 0. The molecule has 15 heavy (non-hydrogen) atoms. The highest BCUT2D eigenvalue weighted by atomic mass is 16.5. The maximum Gasteiger partial charge on any atom is 0.122 e. The summed E-state index contributed by atoms with van der Waals surface area (Å²) in [4.78, 5) is 0. The van der Waals surface area contributed by atoms with E-state index in [1.807, 2.05) is 18.2 Å². The fraction of sp³-hybridized carbons (Fsp3) is 0.500. The van der Waals surface area contributed by atoms with E-state index in [0.717, 1.165) is 25.5 Å². The van der Waals surface area contributed by atoms with Gasteiger partial charge in [-0.1, -0.05) is 18.2 Å². The van der Waals surface area contributed by atoms with Crippen LogP contribution >= 0.6 is 0 Å². The lowest BCUT2D eigenvalue weighted by atomic mass is 10.2. The number of benzene rings is 1. The third-order valence-corrected chi connectivity index (χ3v) is 2.53. The van der Waals surface area contributed by atoms with Crippen molar-refractivity contribution in [2.75, 3.05) is 26.4 Å². The van der Waals surface area contributed by atoms with Crippen LogP contribution in [0.3, 0.4) is 0 Å². The summed E-state index contributed by atoms with van der Waals surface area (Å²) in [5.74, 6) is 0.963. The summed E-state index contributed by atoms with van der Waals surface area (Å²) >= 11 is 0. The predicted octanol–water partition coefficient (Wildman–Crippen LogP) is 1.36. The molecule has 0 aliphatic carbocycles. The van der Waals surface area contributed by atoms with E-state index in [-0.39, 0.29) is 0 Å². The molecular weight excluding hydrogens is 190 g/mol. The number of nitrogens with one attached hydrogen (secondary N) is 1. The molecular formula is C12H17NO2. The molecule has 1 saturated heterocycles. The number of aryl methyl sites for hydroxylation is 1. The van der Waals surface area contributed by atoms with Crippen LogP contribution in [0.15, 0.2) is 24.3 Å². The second kappa shape index (κ2) is 5.14. The Morgan fingerprint density at radius 1 is 1.47 bits per heavy atom. The smallest absolute Gasteiger partial charge is 0.122 e. The number of ether oxygens (including phenoxy) is 2. The van der Waals surface area contributed by atoms with Crippen LogP contribution < -0.4 is 10.1 Å². The molecule has 1 aliphatic rings. The van der Waals surface area contributed by atoms with Gasteiger partial charge in [0, 0.05) is 6.54 Å². The van der Waals surface area contributed by atoms with Gasteiger partial charge in [0.05, 0.1) is 19.3 Å². The fourth-order valence-electron chi connectivity index (χ4n) is 1.64. The highest BCUT2D eigenvalue weighted by molar-refractivity contribution is 5.31. The van der Waals surface area contributed by atoms with Gasteiger partial charge in [-0.2, -0.15) is 0 Å². The minimum atomic E-state index is 0.318. The molecule has 1 fully saturated rings. The highest BCUT2D eigenvalue weighted by Crippen LogP contribution is 2.16. The van der Waals surface area contributed by atoms with Crippen molar-refractivity contribution in [2.45, 2.75) is 13.0 Å². The van der Waals surface area contributed by atoms with Crippen molar-refractivity contribution in [1.82, 2.24) is 5.32 Å². The summed E-state index contributed by atoms with van der Waals surface area (Å²) in [6.45, 7) is 5.19. The molecule has 0 amide bonds. The van der Waals surface area contributed by atoms with Crippen molar-refractivity contribution >= 4 is 0 Å². The van der Waals surface area contributed by atoms with Crippen molar-refractivity contribution in [3.05, 3.63) is 29.8 Å². The lowest BCUT2D eigenvalue weighted by Crippen LogP contribution is -2.44. The zero-order valence-electron chi connectivity index (χ0n) is 9.03. The molecule has 0 aromatic heterocycles. The van der Waals surface area contributed by atoms with Gasteiger partial charge >= 0.3 is 0 Å². The first-order chi connectivity index (χ1) is 7.36. The van der Waals surface area contributed by atoms with Crippen molar-refractivity contribution < 1.29 is 9.47 Å². The van der Waals surface area contributed by atoms with Crippen LogP contribution in [0.2, 0.25) is 0 Å². The van der Waals surface area contributed by atoms with Gasteiger partial charge in [0.2, 0.25) is 0 Å². The third kappa shape index (κ3) is 2.94. The van der Waals surface area contributed by atoms with E-state index in [4.69, 9.17) is 9.47 Å². The minimum Gasteiger partial charge on any atom is -0.492 e. The molecule has 2 rings (SSSR count). The third-order valence-electron chi connectivity index (χ3n) is 2.53. The lowest BCUT2D eigenvalue weighted by molar-refractivity contribution is 0.0591. The van der Waals surface area contributed by atoms with E-state index >= 15 is 0 Å². The number of morpholine rings is 1. The molecule has 1 N–H and O–H groups in total. The first kappa shape index (κ1) is 10.5. The van der Waals surface area contributed by atoms with Crippen LogP contribution in [0.1, 0.15) is 5.56 Å². The molecule has 1 aliphatic heterocycles. The Morgan fingerprint density at radius 3 is 3.07 bits per heavy atom. The SMILES string of the molecule is Cc1ccccc1OCC1COCCN1. The van der Waals surface area contributed by atoms with E-state index in [1.54, 1.807) is 0 Å². The second-order valence-corrected chi connectivity index (χ2v) is 3.80. The summed E-state index contributed by atoms with van der Waals surface area (Å²) in [6.07, 6.45) is 0. The molecule has 82 valence electrons. The van der Waals surface area contributed by atoms with Crippen molar-refractivity contribution in [1.29, 1.82) is 0 Å². The molecule has 1 heterocycles. The van der Waals surface area contributed by atoms with Gasteiger partial charge < -0.3 is 14.8 Å². The Bertz CT molecular complexity index is 308. The molecule has 0 saturated carbocycles. The molecule has 0 radical (unpaired) electrons. The van der Waals surface area contributed by atoms with Crippen LogP contribution in [0.4, 0.5) is 0 Å². The Labute approximate surface area is 90.4 Å². The quantitative estimate of drug-likeness (QED) is 0.812. The topological polar surface area (TPSA) is 30.5 Å². The summed E-state index contributed by atoms with van der Waals surface area (Å²) < 4.78 is 11.1. The minimum absolute atomic E-state index is 0.318. The average molecular weight is 207 g/mol. The predicted molar refractivity (Wildman–Crippen MR) is 59.3 cm³/mol. The molecule has 1 aromatic carbocycles. The summed E-state index contributed by atoms with van der Waals surface area (Å²) in [5, 5.41) is 3.36. The highest BCUT2D eigenvalue weighted by Gasteiger charge is 2.13. The first-order valence-electron chi connectivity index (χ1n) is 5.36. The largest absolute Gasteiger partial charge is 0.492 e. The number of hydrogen-bond donors (Lipinski definition) is 1. The zero-order chi connectivity index (χ0) is 10.5.